The summed E-state index contributed by atoms with van der Waals surface area (Å²) >= 11 is 7.79. The van der Waals surface area contributed by atoms with E-state index in [4.69, 9.17) is 21.1 Å². The van der Waals surface area contributed by atoms with Gasteiger partial charge in [-0.25, -0.2) is 9.59 Å². The van der Waals surface area contributed by atoms with Gasteiger partial charge in [-0.15, -0.1) is 11.8 Å². The predicted octanol–water partition coefficient (Wildman–Crippen LogP) is 7.02. The zero-order valence-corrected chi connectivity index (χ0v) is 24.6. The summed E-state index contributed by atoms with van der Waals surface area (Å²) in [7, 11) is 0. The van der Waals surface area contributed by atoms with E-state index in [2.05, 4.69) is 0 Å². The maximum Gasteiger partial charge on any atom is 0.415 e. The normalized spacial score (nSPS) is 17.0. The molecule has 0 spiro atoms. The van der Waals surface area contributed by atoms with Crippen molar-refractivity contribution in [3.05, 3.63) is 87.9 Å². The smallest absolute Gasteiger partial charge is 0.415 e. The highest BCUT2D eigenvalue weighted by Gasteiger charge is 2.42. The second-order valence-corrected chi connectivity index (χ2v) is 11.7. The SMILES string of the molecule is CSc1ccc(C(=O)C2CN(C(=O)Oc3ccccc3Cl)C[C@@H]2c2cc(C)c(OC(C)(C)C(=O)O)c(C)c2)cc1. The van der Waals surface area contributed by atoms with Crippen molar-refractivity contribution < 1.29 is 29.0 Å². The number of nitrogens with zero attached hydrogens (tertiary/aromatic N) is 1. The summed E-state index contributed by atoms with van der Waals surface area (Å²) in [5.74, 6) is -1.22. The van der Waals surface area contributed by atoms with Crippen LogP contribution in [0.25, 0.3) is 0 Å². The van der Waals surface area contributed by atoms with Crippen molar-refractivity contribution in [2.75, 3.05) is 19.3 Å². The number of aliphatic carboxylic acids is 1. The minimum absolute atomic E-state index is 0.0617. The minimum Gasteiger partial charge on any atom is -0.478 e. The molecule has 0 saturated carbocycles. The van der Waals surface area contributed by atoms with Gasteiger partial charge in [-0.2, -0.15) is 0 Å². The molecule has 1 heterocycles. The maximum absolute atomic E-state index is 13.8. The van der Waals surface area contributed by atoms with Crippen LogP contribution in [-0.4, -0.2) is 52.8 Å². The molecule has 1 N–H and O–H groups in total. The van der Waals surface area contributed by atoms with E-state index in [9.17, 15) is 19.5 Å². The third-order valence-electron chi connectivity index (χ3n) is 7.11. The van der Waals surface area contributed by atoms with Crippen LogP contribution in [0.5, 0.6) is 11.5 Å². The summed E-state index contributed by atoms with van der Waals surface area (Å²) in [6, 6.07) is 18.0. The van der Waals surface area contributed by atoms with E-state index in [1.165, 1.54) is 18.7 Å². The molecule has 3 aromatic rings. The number of carbonyl (C=O) groups excluding carboxylic acids is 2. The fourth-order valence-corrected chi connectivity index (χ4v) is 5.45. The Bertz CT molecular complexity index is 1410. The molecule has 1 aliphatic heterocycles. The van der Waals surface area contributed by atoms with Gasteiger partial charge in [0, 0.05) is 35.4 Å². The number of carbonyl (C=O) groups is 3. The summed E-state index contributed by atoms with van der Waals surface area (Å²) in [6.45, 7) is 7.14. The molecule has 1 aliphatic rings. The molecular weight excluding hydrogens is 550 g/mol. The number of halogens is 1. The zero-order valence-electron chi connectivity index (χ0n) is 23.1. The molecule has 0 aliphatic carbocycles. The molecule has 9 heteroatoms. The number of aryl methyl sites for hydroxylation is 2. The Kier molecular flexibility index (Phi) is 8.80. The predicted molar refractivity (Wildman–Crippen MR) is 156 cm³/mol. The second kappa shape index (κ2) is 11.9. The molecule has 7 nitrogen and oxygen atoms in total. The van der Waals surface area contributed by atoms with Crippen LogP contribution in [0.1, 0.15) is 46.8 Å². The number of hydrogen-bond acceptors (Lipinski definition) is 6. The molecule has 0 radical (unpaired) electrons. The summed E-state index contributed by atoms with van der Waals surface area (Å²) < 4.78 is 11.5. The molecule has 1 amide bonds. The number of Topliss-reactive ketones (excluding diaryl/α,β-unsaturated/α-hetero) is 1. The van der Waals surface area contributed by atoms with Crippen LogP contribution in [0.3, 0.4) is 0 Å². The van der Waals surface area contributed by atoms with Crippen LogP contribution in [0, 0.1) is 19.8 Å². The molecule has 1 saturated heterocycles. The highest BCUT2D eigenvalue weighted by Crippen LogP contribution is 2.39. The zero-order chi connectivity index (χ0) is 29.2. The number of carboxylic acid groups (broad SMARTS) is 1. The van der Waals surface area contributed by atoms with Crippen LogP contribution >= 0.6 is 23.4 Å². The average molecular weight is 582 g/mol. The van der Waals surface area contributed by atoms with Crippen LogP contribution in [0.4, 0.5) is 4.79 Å². The molecule has 3 aromatic carbocycles. The Morgan fingerprint density at radius 1 is 1.00 bits per heavy atom. The van der Waals surface area contributed by atoms with Crippen molar-refractivity contribution in [1.82, 2.24) is 4.90 Å². The van der Waals surface area contributed by atoms with Crippen molar-refractivity contribution in [1.29, 1.82) is 0 Å². The van der Waals surface area contributed by atoms with Crippen molar-refractivity contribution >= 4 is 41.2 Å². The number of rotatable bonds is 8. The Morgan fingerprint density at radius 2 is 1.62 bits per heavy atom. The second-order valence-electron chi connectivity index (χ2n) is 10.4. The van der Waals surface area contributed by atoms with Crippen molar-refractivity contribution in [2.45, 2.75) is 44.1 Å². The first-order valence-corrected chi connectivity index (χ1v) is 14.4. The Balaban J connectivity index is 1.67. The van der Waals surface area contributed by atoms with Crippen LogP contribution in [0.2, 0.25) is 5.02 Å². The van der Waals surface area contributed by atoms with Gasteiger partial charge in [0.15, 0.2) is 17.1 Å². The van der Waals surface area contributed by atoms with Crippen LogP contribution < -0.4 is 9.47 Å². The summed E-state index contributed by atoms with van der Waals surface area (Å²) in [4.78, 5) is 41.2. The monoisotopic (exact) mass is 581 g/mol. The lowest BCUT2D eigenvalue weighted by Crippen LogP contribution is -2.38. The molecule has 0 bridgehead atoms. The highest BCUT2D eigenvalue weighted by atomic mass is 35.5. The van der Waals surface area contributed by atoms with E-state index >= 15 is 0 Å². The topological polar surface area (TPSA) is 93.1 Å². The molecule has 40 heavy (non-hydrogen) atoms. The van der Waals surface area contributed by atoms with Crippen molar-refractivity contribution in [3.8, 4) is 11.5 Å². The van der Waals surface area contributed by atoms with Gasteiger partial charge in [0.25, 0.3) is 0 Å². The maximum atomic E-state index is 13.8. The number of thioether (sulfide) groups is 1. The molecule has 2 atom stereocenters. The lowest BCUT2D eigenvalue weighted by molar-refractivity contribution is -0.152. The van der Waals surface area contributed by atoms with Gasteiger partial charge in [-0.1, -0.05) is 48.0 Å². The van der Waals surface area contributed by atoms with Gasteiger partial charge in [-0.3, -0.25) is 4.79 Å². The molecule has 0 aromatic heterocycles. The minimum atomic E-state index is -1.41. The fourth-order valence-electron chi connectivity index (χ4n) is 4.87. The number of amides is 1. The first-order chi connectivity index (χ1) is 18.9. The van der Waals surface area contributed by atoms with Crippen LogP contribution in [0.15, 0.2) is 65.6 Å². The number of ketones is 1. The molecular formula is C31H32ClNO6S. The third-order valence-corrected chi connectivity index (χ3v) is 8.16. The molecule has 1 fully saturated rings. The van der Waals surface area contributed by atoms with Crippen molar-refractivity contribution in [2.24, 2.45) is 5.92 Å². The standard InChI is InChI=1S/C31H32ClNO6S/c1-18-14-21(15-19(2)28(18)39-31(3,4)29(35)36)23-16-33(30(37)38-26-9-7-6-8-25(26)32)17-24(23)27(34)20-10-12-22(40-5)13-11-20/h6-15,23-24H,16-17H2,1-5H3,(H,35,36)/t23-,24?/m1/s1. The Morgan fingerprint density at radius 3 is 2.20 bits per heavy atom. The van der Waals surface area contributed by atoms with E-state index in [0.717, 1.165) is 21.6 Å². The van der Waals surface area contributed by atoms with Gasteiger partial charge in [0.05, 0.1) is 5.02 Å². The Hall–Kier alpha value is -3.49. The number of hydrogen-bond donors (Lipinski definition) is 1. The van der Waals surface area contributed by atoms with Crippen molar-refractivity contribution in [3.63, 3.8) is 0 Å². The lowest BCUT2D eigenvalue weighted by atomic mass is 9.82. The summed E-state index contributed by atoms with van der Waals surface area (Å²) in [5.41, 5.74) is 1.52. The van der Waals surface area contributed by atoms with Crippen LogP contribution in [-0.2, 0) is 4.79 Å². The molecule has 4 rings (SSSR count). The average Bonchev–Trinajstić information content (AvgIpc) is 3.37. The van der Waals surface area contributed by atoms with E-state index in [1.807, 2.05) is 56.5 Å². The van der Waals surface area contributed by atoms with E-state index in [0.29, 0.717) is 16.3 Å². The summed E-state index contributed by atoms with van der Waals surface area (Å²) in [5, 5.41) is 9.85. The first-order valence-electron chi connectivity index (χ1n) is 12.8. The largest absolute Gasteiger partial charge is 0.478 e. The summed E-state index contributed by atoms with van der Waals surface area (Å²) in [6.07, 6.45) is 1.39. The quantitative estimate of drug-likeness (QED) is 0.226. The third kappa shape index (κ3) is 6.29. The molecule has 1 unspecified atom stereocenters. The number of para-hydroxylation sites is 1. The van der Waals surface area contributed by atoms with E-state index < -0.39 is 23.6 Å². The van der Waals surface area contributed by atoms with Gasteiger partial charge < -0.3 is 19.5 Å². The number of carboxylic acids is 1. The number of ether oxygens (including phenoxy) is 2. The van der Waals surface area contributed by atoms with Gasteiger partial charge >= 0.3 is 12.1 Å². The highest BCUT2D eigenvalue weighted by molar-refractivity contribution is 7.98. The lowest BCUT2D eigenvalue weighted by Gasteiger charge is -2.26. The van der Waals surface area contributed by atoms with Gasteiger partial charge in [-0.05, 0) is 74.9 Å². The first kappa shape index (κ1) is 29.5. The number of benzene rings is 3. The van der Waals surface area contributed by atoms with Gasteiger partial charge in [0.2, 0.25) is 0 Å². The van der Waals surface area contributed by atoms with E-state index in [-0.39, 0.29) is 30.5 Å². The molecule has 210 valence electrons. The number of likely N-dealkylation sites (tertiary alicyclic amines) is 1. The Labute approximate surface area is 243 Å². The van der Waals surface area contributed by atoms with Gasteiger partial charge in [0.1, 0.15) is 5.75 Å². The van der Waals surface area contributed by atoms with E-state index in [1.54, 1.807) is 36.0 Å². The fraction of sp³-hybridized carbons (Fsp3) is 0.323.